The fraction of sp³-hybridized carbons (Fsp3) is 0.933. The average Bonchev–Trinajstić information content (AvgIpc) is 2.89. The molecule has 0 aromatic heterocycles. The van der Waals surface area contributed by atoms with E-state index in [1.165, 1.54) is 25.7 Å². The van der Waals surface area contributed by atoms with Crippen LogP contribution < -0.4 is 5.32 Å². The van der Waals surface area contributed by atoms with E-state index in [-0.39, 0.29) is 5.92 Å². The van der Waals surface area contributed by atoms with Crippen molar-refractivity contribution in [3.63, 3.8) is 0 Å². The molecule has 1 amide bonds. The second-order valence-corrected chi connectivity index (χ2v) is 6.73. The van der Waals surface area contributed by atoms with Gasteiger partial charge in [-0.25, -0.2) is 0 Å². The second kappa shape index (κ2) is 5.80. The van der Waals surface area contributed by atoms with Gasteiger partial charge < -0.3 is 15.1 Å². The van der Waals surface area contributed by atoms with Gasteiger partial charge in [0.05, 0.1) is 5.92 Å². The number of carbonyl (C=O) groups excluding carboxylic acids is 1. The van der Waals surface area contributed by atoms with Gasteiger partial charge >= 0.3 is 0 Å². The highest BCUT2D eigenvalue weighted by Crippen LogP contribution is 2.31. The molecule has 2 aliphatic heterocycles. The predicted molar refractivity (Wildman–Crippen MR) is 75.9 cm³/mol. The summed E-state index contributed by atoms with van der Waals surface area (Å²) in [6, 6.07) is 0.543. The van der Waals surface area contributed by atoms with E-state index in [1.807, 2.05) is 0 Å². The third-order valence-corrected chi connectivity index (χ3v) is 4.83. The molecule has 0 radical (unpaired) electrons. The molecule has 0 spiro atoms. The molecule has 3 rings (SSSR count). The molecule has 1 saturated carbocycles. The first-order valence-corrected chi connectivity index (χ1v) is 7.93. The first-order valence-electron chi connectivity index (χ1n) is 7.93. The molecule has 4 heteroatoms. The van der Waals surface area contributed by atoms with E-state index in [4.69, 9.17) is 0 Å². The molecule has 19 heavy (non-hydrogen) atoms. The maximum absolute atomic E-state index is 12.7. The number of amides is 1. The van der Waals surface area contributed by atoms with E-state index < -0.39 is 0 Å². The van der Waals surface area contributed by atoms with Crippen molar-refractivity contribution in [2.75, 3.05) is 39.8 Å². The van der Waals surface area contributed by atoms with Crippen molar-refractivity contribution in [2.45, 2.75) is 38.1 Å². The fourth-order valence-corrected chi connectivity index (χ4v) is 3.44. The van der Waals surface area contributed by atoms with Crippen LogP contribution in [0.25, 0.3) is 0 Å². The van der Waals surface area contributed by atoms with Gasteiger partial charge in [0.2, 0.25) is 5.91 Å². The van der Waals surface area contributed by atoms with Crippen molar-refractivity contribution < 1.29 is 4.79 Å². The molecule has 3 fully saturated rings. The molecule has 2 atom stereocenters. The lowest BCUT2D eigenvalue weighted by Gasteiger charge is -2.28. The van der Waals surface area contributed by atoms with Crippen LogP contribution in [0.1, 0.15) is 32.1 Å². The van der Waals surface area contributed by atoms with Crippen molar-refractivity contribution in [1.29, 1.82) is 0 Å². The summed E-state index contributed by atoms with van der Waals surface area (Å²) in [7, 11) is 2.12. The lowest BCUT2D eigenvalue weighted by Crippen LogP contribution is -2.45. The van der Waals surface area contributed by atoms with Gasteiger partial charge in [0.1, 0.15) is 0 Å². The van der Waals surface area contributed by atoms with Crippen molar-refractivity contribution in [3.8, 4) is 0 Å². The molecule has 2 unspecified atom stereocenters. The van der Waals surface area contributed by atoms with Gasteiger partial charge in [-0.15, -0.1) is 0 Å². The van der Waals surface area contributed by atoms with Crippen LogP contribution in [0, 0.1) is 11.8 Å². The number of nitrogens with one attached hydrogen (secondary N) is 1. The van der Waals surface area contributed by atoms with Crippen LogP contribution in [-0.4, -0.2) is 61.5 Å². The van der Waals surface area contributed by atoms with Crippen LogP contribution in [0.15, 0.2) is 0 Å². The molecule has 0 bridgehead atoms. The molecular formula is C15H27N3O. The molecule has 1 aliphatic carbocycles. The Morgan fingerprint density at radius 3 is 2.68 bits per heavy atom. The molecule has 1 N–H and O–H groups in total. The smallest absolute Gasteiger partial charge is 0.227 e. The van der Waals surface area contributed by atoms with Crippen LogP contribution in [0.5, 0.6) is 0 Å². The first kappa shape index (κ1) is 13.4. The third-order valence-electron chi connectivity index (χ3n) is 4.83. The quantitative estimate of drug-likeness (QED) is 0.803. The normalized spacial score (nSPS) is 31.8. The van der Waals surface area contributed by atoms with Gasteiger partial charge in [-0.1, -0.05) is 0 Å². The topological polar surface area (TPSA) is 35.6 Å². The molecular weight excluding hydrogens is 238 g/mol. The summed E-state index contributed by atoms with van der Waals surface area (Å²) in [5.41, 5.74) is 0. The number of nitrogens with zero attached hydrogens (tertiary/aromatic N) is 2. The molecule has 108 valence electrons. The first-order chi connectivity index (χ1) is 9.22. The number of rotatable bonds is 5. The molecule has 0 aromatic rings. The SMILES string of the molecule is CN1CCC(C(=O)N(CC2CC2)CC2CCCN2)C1. The Bertz CT molecular complexity index is 323. The molecule has 4 nitrogen and oxygen atoms in total. The summed E-state index contributed by atoms with van der Waals surface area (Å²) in [6.07, 6.45) is 6.20. The lowest BCUT2D eigenvalue weighted by atomic mass is 10.1. The van der Waals surface area contributed by atoms with Crippen molar-refractivity contribution in [1.82, 2.24) is 15.1 Å². The Labute approximate surface area is 116 Å². The van der Waals surface area contributed by atoms with E-state index in [0.29, 0.717) is 11.9 Å². The molecule has 2 heterocycles. The third kappa shape index (κ3) is 3.48. The zero-order valence-corrected chi connectivity index (χ0v) is 12.1. The van der Waals surface area contributed by atoms with Crippen LogP contribution in [0.4, 0.5) is 0 Å². The molecule has 2 saturated heterocycles. The summed E-state index contributed by atoms with van der Waals surface area (Å²) >= 11 is 0. The Morgan fingerprint density at radius 2 is 2.11 bits per heavy atom. The van der Waals surface area contributed by atoms with Gasteiger partial charge in [0.25, 0.3) is 0 Å². The largest absolute Gasteiger partial charge is 0.341 e. The minimum absolute atomic E-state index is 0.255. The van der Waals surface area contributed by atoms with Gasteiger partial charge in [0, 0.05) is 25.7 Å². The lowest BCUT2D eigenvalue weighted by molar-refractivity contribution is -0.135. The maximum atomic E-state index is 12.7. The van der Waals surface area contributed by atoms with Gasteiger partial charge in [0.15, 0.2) is 0 Å². The highest BCUT2D eigenvalue weighted by molar-refractivity contribution is 5.79. The molecule has 0 aromatic carbocycles. The highest BCUT2D eigenvalue weighted by Gasteiger charge is 2.34. The van der Waals surface area contributed by atoms with Gasteiger partial charge in [-0.05, 0) is 58.2 Å². The van der Waals surface area contributed by atoms with E-state index in [1.54, 1.807) is 0 Å². The van der Waals surface area contributed by atoms with E-state index >= 15 is 0 Å². The van der Waals surface area contributed by atoms with Crippen molar-refractivity contribution >= 4 is 5.91 Å². The molecule has 3 aliphatic rings. The number of carbonyl (C=O) groups is 1. The summed E-state index contributed by atoms with van der Waals surface area (Å²) in [5.74, 6) is 1.47. The number of hydrogen-bond donors (Lipinski definition) is 1. The minimum atomic E-state index is 0.255. The van der Waals surface area contributed by atoms with Crippen molar-refractivity contribution in [2.24, 2.45) is 11.8 Å². The minimum Gasteiger partial charge on any atom is -0.341 e. The maximum Gasteiger partial charge on any atom is 0.227 e. The Kier molecular flexibility index (Phi) is 4.08. The van der Waals surface area contributed by atoms with E-state index in [2.05, 4.69) is 22.2 Å². The van der Waals surface area contributed by atoms with E-state index in [9.17, 15) is 4.79 Å². The van der Waals surface area contributed by atoms with Gasteiger partial charge in [-0.3, -0.25) is 4.79 Å². The van der Waals surface area contributed by atoms with Gasteiger partial charge in [-0.2, -0.15) is 0 Å². The summed E-state index contributed by atoms with van der Waals surface area (Å²) in [6.45, 7) is 5.11. The van der Waals surface area contributed by atoms with Crippen LogP contribution in [0.3, 0.4) is 0 Å². The Morgan fingerprint density at radius 1 is 1.26 bits per heavy atom. The average molecular weight is 265 g/mol. The zero-order chi connectivity index (χ0) is 13.2. The van der Waals surface area contributed by atoms with Crippen LogP contribution >= 0.6 is 0 Å². The van der Waals surface area contributed by atoms with Crippen molar-refractivity contribution in [3.05, 3.63) is 0 Å². The zero-order valence-electron chi connectivity index (χ0n) is 12.1. The highest BCUT2D eigenvalue weighted by atomic mass is 16.2. The fourth-order valence-electron chi connectivity index (χ4n) is 3.44. The predicted octanol–water partition coefficient (Wildman–Crippen LogP) is 0.929. The second-order valence-electron chi connectivity index (χ2n) is 6.73. The Hall–Kier alpha value is -0.610. The monoisotopic (exact) mass is 265 g/mol. The standard InChI is InChI=1S/C15H27N3O/c1-17-8-6-13(10-17)15(19)18(9-12-4-5-12)11-14-3-2-7-16-14/h12-14,16H,2-11H2,1H3. The number of hydrogen-bond acceptors (Lipinski definition) is 3. The van der Waals surface area contributed by atoms with E-state index in [0.717, 1.165) is 45.1 Å². The summed E-state index contributed by atoms with van der Waals surface area (Å²) < 4.78 is 0. The van der Waals surface area contributed by atoms with Crippen LogP contribution in [0.2, 0.25) is 0 Å². The summed E-state index contributed by atoms with van der Waals surface area (Å²) in [5, 5.41) is 3.53. The Balaban J connectivity index is 1.58. The number of likely N-dealkylation sites (tertiary alicyclic amines) is 1. The van der Waals surface area contributed by atoms with Crippen LogP contribution in [-0.2, 0) is 4.79 Å². The summed E-state index contributed by atoms with van der Waals surface area (Å²) in [4.78, 5) is 17.2.